The molecule has 1 amide bonds. The molecule has 20 heavy (non-hydrogen) atoms. The Bertz CT molecular complexity index is 502. The van der Waals surface area contributed by atoms with Gasteiger partial charge in [0.1, 0.15) is 0 Å². The SMILES string of the molecule is CNC(=O)C(C)CN(C)CC(=O)c1ccc(O)c(O)c1. The normalized spacial score (nSPS) is 12.2. The van der Waals surface area contributed by atoms with E-state index >= 15 is 0 Å². The summed E-state index contributed by atoms with van der Waals surface area (Å²) in [4.78, 5) is 25.1. The van der Waals surface area contributed by atoms with Gasteiger partial charge < -0.3 is 15.5 Å². The number of carbonyl (C=O) groups is 2. The lowest BCUT2D eigenvalue weighted by Gasteiger charge is -2.19. The number of rotatable bonds is 6. The molecular formula is C14H20N2O4. The Labute approximate surface area is 118 Å². The molecule has 0 radical (unpaired) electrons. The first-order valence-electron chi connectivity index (χ1n) is 6.30. The third-order valence-corrected chi connectivity index (χ3v) is 2.99. The summed E-state index contributed by atoms with van der Waals surface area (Å²) in [6, 6.07) is 3.96. The van der Waals surface area contributed by atoms with E-state index in [1.807, 2.05) is 0 Å². The summed E-state index contributed by atoms with van der Waals surface area (Å²) in [6.45, 7) is 2.37. The van der Waals surface area contributed by atoms with Crippen molar-refractivity contribution in [1.82, 2.24) is 10.2 Å². The van der Waals surface area contributed by atoms with Gasteiger partial charge in [-0.2, -0.15) is 0 Å². The van der Waals surface area contributed by atoms with E-state index < -0.39 is 0 Å². The molecule has 0 aliphatic carbocycles. The van der Waals surface area contributed by atoms with Crippen LogP contribution >= 0.6 is 0 Å². The summed E-state index contributed by atoms with van der Waals surface area (Å²) < 4.78 is 0. The van der Waals surface area contributed by atoms with Gasteiger partial charge in [0.2, 0.25) is 5.91 Å². The fourth-order valence-electron chi connectivity index (χ4n) is 1.89. The highest BCUT2D eigenvalue weighted by Gasteiger charge is 2.16. The minimum atomic E-state index is -0.322. The van der Waals surface area contributed by atoms with Gasteiger partial charge in [-0.25, -0.2) is 0 Å². The molecule has 0 bridgehead atoms. The first-order valence-corrected chi connectivity index (χ1v) is 6.30. The fourth-order valence-corrected chi connectivity index (χ4v) is 1.89. The van der Waals surface area contributed by atoms with Crippen molar-refractivity contribution in [2.75, 3.05) is 27.2 Å². The molecule has 0 aromatic heterocycles. The lowest BCUT2D eigenvalue weighted by atomic mass is 10.1. The lowest BCUT2D eigenvalue weighted by Crippen LogP contribution is -2.36. The van der Waals surface area contributed by atoms with Crippen LogP contribution in [-0.2, 0) is 4.79 Å². The Morgan fingerprint density at radius 2 is 1.95 bits per heavy atom. The van der Waals surface area contributed by atoms with Crippen molar-refractivity contribution < 1.29 is 19.8 Å². The van der Waals surface area contributed by atoms with Gasteiger partial charge in [0.05, 0.1) is 6.54 Å². The molecule has 1 atom stereocenters. The molecule has 110 valence electrons. The number of hydrogen-bond donors (Lipinski definition) is 3. The van der Waals surface area contributed by atoms with Crippen molar-refractivity contribution >= 4 is 11.7 Å². The van der Waals surface area contributed by atoms with Crippen molar-refractivity contribution in [3.8, 4) is 11.5 Å². The second kappa shape index (κ2) is 6.91. The van der Waals surface area contributed by atoms with Gasteiger partial charge in [-0.3, -0.25) is 14.5 Å². The molecule has 6 heteroatoms. The van der Waals surface area contributed by atoms with E-state index in [0.717, 1.165) is 0 Å². The smallest absolute Gasteiger partial charge is 0.223 e. The zero-order valence-corrected chi connectivity index (χ0v) is 11.9. The van der Waals surface area contributed by atoms with Crippen LogP contribution < -0.4 is 5.32 Å². The Morgan fingerprint density at radius 3 is 2.50 bits per heavy atom. The molecule has 0 aliphatic rings. The van der Waals surface area contributed by atoms with E-state index in [2.05, 4.69) is 5.32 Å². The first-order chi connectivity index (χ1) is 9.35. The summed E-state index contributed by atoms with van der Waals surface area (Å²) in [5.74, 6) is -1.06. The van der Waals surface area contributed by atoms with E-state index in [1.54, 1.807) is 25.9 Å². The Kier molecular flexibility index (Phi) is 5.52. The van der Waals surface area contributed by atoms with Crippen LogP contribution in [0.1, 0.15) is 17.3 Å². The summed E-state index contributed by atoms with van der Waals surface area (Å²) in [7, 11) is 3.32. The van der Waals surface area contributed by atoms with Crippen molar-refractivity contribution in [2.45, 2.75) is 6.92 Å². The van der Waals surface area contributed by atoms with E-state index in [-0.39, 0.29) is 35.7 Å². The van der Waals surface area contributed by atoms with Gasteiger partial charge in [-0.15, -0.1) is 0 Å². The van der Waals surface area contributed by atoms with Crippen LogP contribution in [0.2, 0.25) is 0 Å². The van der Waals surface area contributed by atoms with Crippen LogP contribution in [0.15, 0.2) is 18.2 Å². The summed E-state index contributed by atoms with van der Waals surface area (Å²) >= 11 is 0. The number of benzene rings is 1. The molecular weight excluding hydrogens is 260 g/mol. The third-order valence-electron chi connectivity index (χ3n) is 2.99. The predicted molar refractivity (Wildman–Crippen MR) is 74.8 cm³/mol. The molecule has 0 spiro atoms. The van der Waals surface area contributed by atoms with Crippen molar-refractivity contribution in [3.63, 3.8) is 0 Å². The van der Waals surface area contributed by atoms with Gasteiger partial charge in [0.25, 0.3) is 0 Å². The van der Waals surface area contributed by atoms with E-state index in [1.165, 1.54) is 18.2 Å². The summed E-state index contributed by atoms with van der Waals surface area (Å²) in [5.41, 5.74) is 0.319. The first kappa shape index (κ1) is 16.0. The molecule has 0 saturated carbocycles. The number of phenols is 2. The third kappa shape index (κ3) is 4.24. The predicted octanol–water partition coefficient (Wildman–Crippen LogP) is 0.594. The zero-order chi connectivity index (χ0) is 15.3. The molecule has 1 rings (SSSR count). The van der Waals surface area contributed by atoms with Crippen LogP contribution in [0.25, 0.3) is 0 Å². The molecule has 0 saturated heterocycles. The highest BCUT2D eigenvalue weighted by molar-refractivity contribution is 5.98. The molecule has 3 N–H and O–H groups in total. The largest absolute Gasteiger partial charge is 0.504 e. The van der Waals surface area contributed by atoms with Gasteiger partial charge in [0, 0.05) is 25.1 Å². The average Bonchev–Trinajstić information content (AvgIpc) is 2.40. The monoisotopic (exact) mass is 280 g/mol. The molecule has 1 aromatic carbocycles. The number of amides is 1. The fraction of sp³-hybridized carbons (Fsp3) is 0.429. The van der Waals surface area contributed by atoms with E-state index in [9.17, 15) is 19.8 Å². The minimum absolute atomic E-state index is 0.0772. The number of carbonyl (C=O) groups excluding carboxylic acids is 2. The van der Waals surface area contributed by atoms with E-state index in [4.69, 9.17) is 0 Å². The number of hydrogen-bond acceptors (Lipinski definition) is 5. The Balaban J connectivity index is 2.61. The molecule has 6 nitrogen and oxygen atoms in total. The van der Waals surface area contributed by atoms with Crippen LogP contribution in [-0.4, -0.2) is 54.0 Å². The second-order valence-electron chi connectivity index (χ2n) is 4.84. The number of aromatic hydroxyl groups is 2. The van der Waals surface area contributed by atoms with Crippen LogP contribution in [0, 0.1) is 5.92 Å². The number of ketones is 1. The quantitative estimate of drug-likeness (QED) is 0.524. The molecule has 0 aliphatic heterocycles. The van der Waals surface area contributed by atoms with Crippen LogP contribution in [0.5, 0.6) is 11.5 Å². The van der Waals surface area contributed by atoms with Crippen LogP contribution in [0.3, 0.4) is 0 Å². The maximum atomic E-state index is 12.0. The average molecular weight is 280 g/mol. The minimum Gasteiger partial charge on any atom is -0.504 e. The Morgan fingerprint density at radius 1 is 1.30 bits per heavy atom. The highest BCUT2D eigenvalue weighted by atomic mass is 16.3. The zero-order valence-electron chi connectivity index (χ0n) is 11.9. The number of nitrogens with zero attached hydrogens (tertiary/aromatic N) is 1. The molecule has 1 aromatic rings. The number of nitrogens with one attached hydrogen (secondary N) is 1. The van der Waals surface area contributed by atoms with Gasteiger partial charge in [0.15, 0.2) is 17.3 Å². The van der Waals surface area contributed by atoms with Crippen molar-refractivity contribution in [2.24, 2.45) is 5.92 Å². The maximum Gasteiger partial charge on any atom is 0.223 e. The summed E-state index contributed by atoms with van der Waals surface area (Å²) in [6.07, 6.45) is 0. The topological polar surface area (TPSA) is 89.9 Å². The lowest BCUT2D eigenvalue weighted by molar-refractivity contribution is -0.124. The second-order valence-corrected chi connectivity index (χ2v) is 4.84. The maximum absolute atomic E-state index is 12.0. The highest BCUT2D eigenvalue weighted by Crippen LogP contribution is 2.25. The number of Topliss-reactive ketones (excluding diaryl/α,β-unsaturated/α-hetero) is 1. The van der Waals surface area contributed by atoms with Crippen LogP contribution in [0.4, 0.5) is 0 Å². The number of phenolic OH excluding ortho intramolecular Hbond substituents is 2. The van der Waals surface area contributed by atoms with E-state index in [0.29, 0.717) is 12.1 Å². The standard InChI is InChI=1S/C14H20N2O4/c1-9(14(20)15-2)7-16(3)8-13(19)10-4-5-11(17)12(18)6-10/h4-6,9,17-18H,7-8H2,1-3H3,(H,15,20). The van der Waals surface area contributed by atoms with Gasteiger partial charge >= 0.3 is 0 Å². The molecule has 0 heterocycles. The number of likely N-dealkylation sites (N-methyl/N-ethyl adjacent to an activating group) is 1. The van der Waals surface area contributed by atoms with Gasteiger partial charge in [-0.1, -0.05) is 6.92 Å². The Hall–Kier alpha value is -2.08. The summed E-state index contributed by atoms with van der Waals surface area (Å²) in [5, 5.41) is 21.1. The molecule has 0 fully saturated rings. The molecule has 1 unspecified atom stereocenters. The van der Waals surface area contributed by atoms with Crippen molar-refractivity contribution in [1.29, 1.82) is 0 Å². The van der Waals surface area contributed by atoms with Gasteiger partial charge in [-0.05, 0) is 25.2 Å². The van der Waals surface area contributed by atoms with Crippen molar-refractivity contribution in [3.05, 3.63) is 23.8 Å².